The Hall–Kier alpha value is -0.740. The molecule has 1 unspecified atom stereocenters. The summed E-state index contributed by atoms with van der Waals surface area (Å²) < 4.78 is 18.8. The van der Waals surface area contributed by atoms with E-state index in [-0.39, 0.29) is 11.9 Å². The summed E-state index contributed by atoms with van der Waals surface area (Å²) in [6.45, 7) is 4.62. The Bertz CT molecular complexity index is 344. The van der Waals surface area contributed by atoms with Crippen LogP contribution in [-0.4, -0.2) is 24.2 Å². The molecule has 0 spiro atoms. The van der Waals surface area contributed by atoms with Crippen LogP contribution < -0.4 is 10.5 Å². The standard InChI is InChI=1S/C13H20FNOS/c1-3-17-5-4-16-13-8-11(6-10(2)15)7-12(14)9-13/h7-10H,3-6,15H2,1-2H3. The van der Waals surface area contributed by atoms with Crippen LogP contribution in [0.4, 0.5) is 4.39 Å². The Morgan fingerprint density at radius 1 is 1.41 bits per heavy atom. The fourth-order valence-corrected chi connectivity index (χ4v) is 2.05. The second-order valence-electron chi connectivity index (χ2n) is 4.02. The van der Waals surface area contributed by atoms with Gasteiger partial charge in [-0.2, -0.15) is 11.8 Å². The van der Waals surface area contributed by atoms with Gasteiger partial charge >= 0.3 is 0 Å². The quantitative estimate of drug-likeness (QED) is 0.763. The van der Waals surface area contributed by atoms with Gasteiger partial charge in [-0.15, -0.1) is 0 Å². The highest BCUT2D eigenvalue weighted by Crippen LogP contribution is 2.17. The lowest BCUT2D eigenvalue weighted by atomic mass is 10.1. The molecule has 1 rings (SSSR count). The minimum atomic E-state index is -0.263. The van der Waals surface area contributed by atoms with Gasteiger partial charge in [-0.1, -0.05) is 6.92 Å². The molecule has 0 bridgehead atoms. The van der Waals surface area contributed by atoms with E-state index in [2.05, 4.69) is 6.92 Å². The molecule has 1 aromatic carbocycles. The van der Waals surface area contributed by atoms with Crippen LogP contribution in [0, 0.1) is 5.82 Å². The molecular weight excluding hydrogens is 237 g/mol. The van der Waals surface area contributed by atoms with Crippen molar-refractivity contribution in [3.8, 4) is 5.75 Å². The zero-order chi connectivity index (χ0) is 12.7. The van der Waals surface area contributed by atoms with Gasteiger partial charge in [0.1, 0.15) is 11.6 Å². The number of benzene rings is 1. The van der Waals surface area contributed by atoms with Gasteiger partial charge in [0.05, 0.1) is 6.61 Å². The second-order valence-corrected chi connectivity index (χ2v) is 5.42. The summed E-state index contributed by atoms with van der Waals surface area (Å²) in [5.41, 5.74) is 6.58. The van der Waals surface area contributed by atoms with Gasteiger partial charge < -0.3 is 10.5 Å². The molecular formula is C13H20FNOS. The fourth-order valence-electron chi connectivity index (χ4n) is 1.56. The highest BCUT2D eigenvalue weighted by atomic mass is 32.2. The van der Waals surface area contributed by atoms with Crippen LogP contribution in [0.15, 0.2) is 18.2 Å². The molecule has 0 heterocycles. The Balaban J connectivity index is 2.56. The van der Waals surface area contributed by atoms with E-state index in [0.717, 1.165) is 17.1 Å². The lowest BCUT2D eigenvalue weighted by Gasteiger charge is -2.10. The molecule has 4 heteroatoms. The molecule has 0 aliphatic carbocycles. The molecule has 0 aromatic heterocycles. The molecule has 0 saturated carbocycles. The van der Waals surface area contributed by atoms with Crippen molar-refractivity contribution < 1.29 is 9.13 Å². The van der Waals surface area contributed by atoms with Crippen LogP contribution >= 0.6 is 11.8 Å². The summed E-state index contributed by atoms with van der Waals surface area (Å²) in [6, 6.07) is 4.82. The van der Waals surface area contributed by atoms with Crippen LogP contribution in [0.3, 0.4) is 0 Å². The lowest BCUT2D eigenvalue weighted by molar-refractivity contribution is 0.341. The maximum Gasteiger partial charge on any atom is 0.127 e. The van der Waals surface area contributed by atoms with Crippen molar-refractivity contribution in [2.24, 2.45) is 5.73 Å². The highest BCUT2D eigenvalue weighted by molar-refractivity contribution is 7.99. The van der Waals surface area contributed by atoms with E-state index >= 15 is 0 Å². The molecule has 0 saturated heterocycles. The average Bonchev–Trinajstić information content (AvgIpc) is 2.22. The minimum Gasteiger partial charge on any atom is -0.493 e. The number of hydrogen-bond acceptors (Lipinski definition) is 3. The van der Waals surface area contributed by atoms with Crippen LogP contribution in [0.25, 0.3) is 0 Å². The van der Waals surface area contributed by atoms with E-state index < -0.39 is 0 Å². The summed E-state index contributed by atoms with van der Waals surface area (Å²) in [5.74, 6) is 2.33. The summed E-state index contributed by atoms with van der Waals surface area (Å²) in [6.07, 6.45) is 0.665. The van der Waals surface area contributed by atoms with E-state index in [0.29, 0.717) is 18.8 Å². The molecule has 1 atom stereocenters. The predicted molar refractivity (Wildman–Crippen MR) is 72.2 cm³/mol. The van der Waals surface area contributed by atoms with Crippen LogP contribution in [0.2, 0.25) is 0 Å². The Labute approximate surface area is 107 Å². The number of hydrogen-bond donors (Lipinski definition) is 1. The molecule has 0 fully saturated rings. The van der Waals surface area contributed by atoms with E-state index in [1.807, 2.05) is 24.8 Å². The van der Waals surface area contributed by atoms with Gasteiger partial charge in [-0.3, -0.25) is 0 Å². The monoisotopic (exact) mass is 257 g/mol. The van der Waals surface area contributed by atoms with Crippen LogP contribution in [-0.2, 0) is 6.42 Å². The normalized spacial score (nSPS) is 12.5. The molecule has 2 N–H and O–H groups in total. The second kappa shape index (κ2) is 7.56. The Morgan fingerprint density at radius 3 is 2.82 bits per heavy atom. The number of nitrogens with two attached hydrogens (primary N) is 1. The molecule has 0 radical (unpaired) electrons. The van der Waals surface area contributed by atoms with Crippen molar-refractivity contribution in [2.75, 3.05) is 18.1 Å². The fraction of sp³-hybridized carbons (Fsp3) is 0.538. The zero-order valence-electron chi connectivity index (χ0n) is 10.4. The first-order chi connectivity index (χ1) is 8.11. The molecule has 2 nitrogen and oxygen atoms in total. The van der Waals surface area contributed by atoms with Crippen LogP contribution in [0.1, 0.15) is 19.4 Å². The maximum absolute atomic E-state index is 13.3. The summed E-state index contributed by atoms with van der Waals surface area (Å²) in [4.78, 5) is 0. The first-order valence-corrected chi connectivity index (χ1v) is 7.03. The summed E-state index contributed by atoms with van der Waals surface area (Å²) in [5, 5.41) is 0. The lowest BCUT2D eigenvalue weighted by Crippen LogP contribution is -2.17. The van der Waals surface area contributed by atoms with Crippen molar-refractivity contribution in [2.45, 2.75) is 26.3 Å². The molecule has 96 valence electrons. The van der Waals surface area contributed by atoms with Gasteiger partial charge in [-0.05, 0) is 36.8 Å². The number of thioether (sulfide) groups is 1. The number of rotatable bonds is 7. The first kappa shape index (κ1) is 14.3. The number of ether oxygens (including phenoxy) is 1. The van der Waals surface area contributed by atoms with Crippen molar-refractivity contribution in [1.82, 2.24) is 0 Å². The van der Waals surface area contributed by atoms with Crippen molar-refractivity contribution in [3.05, 3.63) is 29.6 Å². The Morgan fingerprint density at radius 2 is 2.18 bits per heavy atom. The SMILES string of the molecule is CCSCCOc1cc(F)cc(CC(C)N)c1. The zero-order valence-corrected chi connectivity index (χ0v) is 11.2. The van der Waals surface area contributed by atoms with E-state index in [1.165, 1.54) is 12.1 Å². The van der Waals surface area contributed by atoms with E-state index in [9.17, 15) is 4.39 Å². The van der Waals surface area contributed by atoms with Crippen LogP contribution in [0.5, 0.6) is 5.75 Å². The van der Waals surface area contributed by atoms with E-state index in [4.69, 9.17) is 10.5 Å². The van der Waals surface area contributed by atoms with Crippen molar-refractivity contribution in [1.29, 1.82) is 0 Å². The minimum absolute atomic E-state index is 0.0281. The van der Waals surface area contributed by atoms with E-state index in [1.54, 1.807) is 0 Å². The average molecular weight is 257 g/mol. The highest BCUT2D eigenvalue weighted by Gasteiger charge is 2.04. The summed E-state index contributed by atoms with van der Waals surface area (Å²) in [7, 11) is 0. The molecule has 0 aliphatic rings. The maximum atomic E-state index is 13.3. The van der Waals surface area contributed by atoms with Crippen molar-refractivity contribution >= 4 is 11.8 Å². The Kier molecular flexibility index (Phi) is 6.37. The molecule has 1 aromatic rings. The molecule has 0 amide bonds. The first-order valence-electron chi connectivity index (χ1n) is 5.87. The van der Waals surface area contributed by atoms with Gasteiger partial charge in [0.15, 0.2) is 0 Å². The van der Waals surface area contributed by atoms with Gasteiger partial charge in [0, 0.05) is 17.9 Å². The largest absolute Gasteiger partial charge is 0.493 e. The third-order valence-corrected chi connectivity index (χ3v) is 3.05. The van der Waals surface area contributed by atoms with Gasteiger partial charge in [0.2, 0.25) is 0 Å². The third kappa shape index (κ3) is 5.94. The van der Waals surface area contributed by atoms with Crippen molar-refractivity contribution in [3.63, 3.8) is 0 Å². The molecule has 0 aliphatic heterocycles. The smallest absolute Gasteiger partial charge is 0.127 e. The van der Waals surface area contributed by atoms with Gasteiger partial charge in [-0.25, -0.2) is 4.39 Å². The molecule has 17 heavy (non-hydrogen) atoms. The predicted octanol–water partition coefficient (Wildman–Crippen LogP) is 2.85. The van der Waals surface area contributed by atoms with Gasteiger partial charge in [0.25, 0.3) is 0 Å². The topological polar surface area (TPSA) is 35.2 Å². The third-order valence-electron chi connectivity index (χ3n) is 2.19. The summed E-state index contributed by atoms with van der Waals surface area (Å²) >= 11 is 1.81. The number of halogens is 1.